The van der Waals surface area contributed by atoms with Crippen LogP contribution in [-0.2, 0) is 6.18 Å². The topological polar surface area (TPSA) is 45.0 Å². The summed E-state index contributed by atoms with van der Waals surface area (Å²) in [5.41, 5.74) is -0.577. The molecule has 0 saturated carbocycles. The SMILES string of the molecule is Oc1cc(C(F)(F)F)ccc1N=Nc1cccc(Cl)c1. The summed E-state index contributed by atoms with van der Waals surface area (Å²) in [6, 6.07) is 8.94. The number of alkyl halides is 3. The van der Waals surface area contributed by atoms with Gasteiger partial charge in [0.2, 0.25) is 0 Å². The molecular formula is C13H8ClF3N2O. The van der Waals surface area contributed by atoms with E-state index in [4.69, 9.17) is 11.6 Å². The van der Waals surface area contributed by atoms with E-state index >= 15 is 0 Å². The lowest BCUT2D eigenvalue weighted by atomic mass is 10.2. The van der Waals surface area contributed by atoms with Crippen LogP contribution in [0, 0.1) is 0 Å². The highest BCUT2D eigenvalue weighted by Crippen LogP contribution is 2.36. The van der Waals surface area contributed by atoms with E-state index in [2.05, 4.69) is 10.2 Å². The van der Waals surface area contributed by atoms with Gasteiger partial charge in [-0.3, -0.25) is 0 Å². The fourth-order valence-corrected chi connectivity index (χ4v) is 1.62. The van der Waals surface area contributed by atoms with E-state index in [0.717, 1.165) is 12.1 Å². The lowest BCUT2D eigenvalue weighted by Gasteiger charge is -2.07. The molecule has 0 aliphatic heterocycles. The Morgan fingerprint density at radius 1 is 1.00 bits per heavy atom. The van der Waals surface area contributed by atoms with Crippen LogP contribution in [0.5, 0.6) is 5.75 Å². The first-order valence-corrected chi connectivity index (χ1v) is 5.81. The van der Waals surface area contributed by atoms with Gasteiger partial charge in [-0.25, -0.2) is 0 Å². The minimum absolute atomic E-state index is 0.0574. The monoisotopic (exact) mass is 300 g/mol. The number of benzene rings is 2. The number of hydrogen-bond acceptors (Lipinski definition) is 3. The highest BCUT2D eigenvalue weighted by Gasteiger charge is 2.31. The third-order valence-corrected chi connectivity index (χ3v) is 2.62. The molecule has 3 nitrogen and oxygen atoms in total. The number of halogens is 4. The molecule has 0 aliphatic carbocycles. The van der Waals surface area contributed by atoms with E-state index in [-0.39, 0.29) is 5.69 Å². The van der Waals surface area contributed by atoms with Crippen molar-refractivity contribution in [3.05, 3.63) is 53.1 Å². The Hall–Kier alpha value is -2.08. The van der Waals surface area contributed by atoms with Crippen molar-refractivity contribution in [2.24, 2.45) is 10.2 Å². The predicted octanol–water partition coefficient (Wildman–Crippen LogP) is 5.48. The number of phenols is 1. The Labute approximate surface area is 117 Å². The summed E-state index contributed by atoms with van der Waals surface area (Å²) in [6.45, 7) is 0. The van der Waals surface area contributed by atoms with Crippen molar-refractivity contribution in [1.82, 2.24) is 0 Å². The summed E-state index contributed by atoms with van der Waals surface area (Å²) in [5.74, 6) is -0.592. The number of azo groups is 1. The molecule has 2 aromatic carbocycles. The zero-order chi connectivity index (χ0) is 14.8. The van der Waals surface area contributed by atoms with Gasteiger partial charge in [-0.05, 0) is 36.4 Å². The first kappa shape index (κ1) is 14.3. The number of rotatable bonds is 2. The smallest absolute Gasteiger partial charge is 0.416 e. The van der Waals surface area contributed by atoms with Gasteiger partial charge in [0.15, 0.2) is 0 Å². The maximum absolute atomic E-state index is 12.4. The Kier molecular flexibility index (Phi) is 3.94. The van der Waals surface area contributed by atoms with Crippen LogP contribution >= 0.6 is 11.6 Å². The lowest BCUT2D eigenvalue weighted by Crippen LogP contribution is -2.03. The van der Waals surface area contributed by atoms with Crippen molar-refractivity contribution in [3.8, 4) is 5.75 Å². The van der Waals surface area contributed by atoms with Crippen LogP contribution in [0.2, 0.25) is 5.02 Å². The fraction of sp³-hybridized carbons (Fsp3) is 0.0769. The van der Waals surface area contributed by atoms with Gasteiger partial charge in [0.1, 0.15) is 11.4 Å². The Morgan fingerprint density at radius 3 is 2.35 bits per heavy atom. The first-order chi connectivity index (χ1) is 9.36. The maximum atomic E-state index is 12.4. The molecule has 0 fully saturated rings. The third kappa shape index (κ3) is 3.48. The average molecular weight is 301 g/mol. The van der Waals surface area contributed by atoms with Crippen molar-refractivity contribution in [2.75, 3.05) is 0 Å². The molecule has 0 amide bonds. The number of phenolic OH excluding ortho intramolecular Hbond substituents is 1. The van der Waals surface area contributed by atoms with Gasteiger partial charge in [0, 0.05) is 5.02 Å². The van der Waals surface area contributed by atoms with E-state index in [1.54, 1.807) is 18.2 Å². The van der Waals surface area contributed by atoms with E-state index in [0.29, 0.717) is 16.8 Å². The number of hydrogen-bond donors (Lipinski definition) is 1. The van der Waals surface area contributed by atoms with E-state index in [1.807, 2.05) is 0 Å². The molecular weight excluding hydrogens is 293 g/mol. The molecule has 20 heavy (non-hydrogen) atoms. The zero-order valence-electron chi connectivity index (χ0n) is 9.89. The molecule has 0 heterocycles. The molecule has 2 rings (SSSR count). The van der Waals surface area contributed by atoms with Gasteiger partial charge >= 0.3 is 6.18 Å². The minimum atomic E-state index is -4.51. The molecule has 1 N–H and O–H groups in total. The first-order valence-electron chi connectivity index (χ1n) is 5.44. The van der Waals surface area contributed by atoms with Gasteiger partial charge in [-0.2, -0.15) is 18.3 Å². The molecule has 0 bridgehead atoms. The van der Waals surface area contributed by atoms with Gasteiger partial charge in [-0.1, -0.05) is 17.7 Å². The predicted molar refractivity (Wildman–Crippen MR) is 68.7 cm³/mol. The third-order valence-electron chi connectivity index (χ3n) is 2.38. The molecule has 0 saturated heterocycles. The van der Waals surface area contributed by atoms with E-state index < -0.39 is 17.5 Å². The van der Waals surface area contributed by atoms with Crippen LogP contribution in [0.3, 0.4) is 0 Å². The minimum Gasteiger partial charge on any atom is -0.506 e. The largest absolute Gasteiger partial charge is 0.506 e. The standard InChI is InChI=1S/C13H8ClF3N2O/c14-9-2-1-3-10(7-9)18-19-11-5-4-8(6-12(11)20)13(15,16)17/h1-7,20H. The summed E-state index contributed by atoms with van der Waals surface area (Å²) in [6.07, 6.45) is -4.51. The van der Waals surface area contributed by atoms with Gasteiger partial charge in [0.05, 0.1) is 11.3 Å². The Morgan fingerprint density at radius 2 is 1.75 bits per heavy atom. The molecule has 2 aromatic rings. The summed E-state index contributed by atoms with van der Waals surface area (Å²) < 4.78 is 37.2. The quantitative estimate of drug-likeness (QED) is 0.733. The molecule has 0 unspecified atom stereocenters. The molecule has 0 spiro atoms. The van der Waals surface area contributed by atoms with Crippen molar-refractivity contribution in [1.29, 1.82) is 0 Å². The van der Waals surface area contributed by atoms with Crippen molar-refractivity contribution in [3.63, 3.8) is 0 Å². The van der Waals surface area contributed by atoms with Crippen LogP contribution in [0.25, 0.3) is 0 Å². The normalized spacial score (nSPS) is 12.0. The Bertz CT molecular complexity index is 656. The highest BCUT2D eigenvalue weighted by atomic mass is 35.5. The fourth-order valence-electron chi connectivity index (χ4n) is 1.43. The second-order valence-electron chi connectivity index (χ2n) is 3.88. The van der Waals surface area contributed by atoms with Gasteiger partial charge < -0.3 is 5.11 Å². The van der Waals surface area contributed by atoms with Crippen LogP contribution in [-0.4, -0.2) is 5.11 Å². The summed E-state index contributed by atoms with van der Waals surface area (Å²) in [5, 5.41) is 17.4. The molecule has 104 valence electrons. The number of aromatic hydroxyl groups is 1. The van der Waals surface area contributed by atoms with Crippen molar-refractivity contribution >= 4 is 23.0 Å². The average Bonchev–Trinajstić information content (AvgIpc) is 2.36. The van der Waals surface area contributed by atoms with Crippen LogP contribution < -0.4 is 0 Å². The zero-order valence-corrected chi connectivity index (χ0v) is 10.7. The molecule has 7 heteroatoms. The van der Waals surface area contributed by atoms with Crippen LogP contribution in [0.1, 0.15) is 5.56 Å². The highest BCUT2D eigenvalue weighted by molar-refractivity contribution is 6.30. The van der Waals surface area contributed by atoms with Crippen molar-refractivity contribution < 1.29 is 18.3 Å². The molecule has 0 aromatic heterocycles. The van der Waals surface area contributed by atoms with Gasteiger partial charge in [-0.15, -0.1) is 5.11 Å². The van der Waals surface area contributed by atoms with Gasteiger partial charge in [0.25, 0.3) is 0 Å². The van der Waals surface area contributed by atoms with E-state index in [9.17, 15) is 18.3 Å². The number of nitrogens with zero attached hydrogens (tertiary/aromatic N) is 2. The summed E-state index contributed by atoms with van der Waals surface area (Å²) in [4.78, 5) is 0. The van der Waals surface area contributed by atoms with Crippen LogP contribution in [0.4, 0.5) is 24.5 Å². The summed E-state index contributed by atoms with van der Waals surface area (Å²) in [7, 11) is 0. The molecule has 0 aliphatic rings. The van der Waals surface area contributed by atoms with Crippen LogP contribution in [0.15, 0.2) is 52.7 Å². The second-order valence-corrected chi connectivity index (χ2v) is 4.32. The molecule has 0 radical (unpaired) electrons. The maximum Gasteiger partial charge on any atom is 0.416 e. The summed E-state index contributed by atoms with van der Waals surface area (Å²) >= 11 is 5.75. The second kappa shape index (κ2) is 5.50. The Balaban J connectivity index is 2.26. The molecule has 0 atom stereocenters. The van der Waals surface area contributed by atoms with E-state index in [1.165, 1.54) is 6.07 Å². The van der Waals surface area contributed by atoms with Crippen molar-refractivity contribution in [2.45, 2.75) is 6.18 Å². The lowest BCUT2D eigenvalue weighted by molar-refractivity contribution is -0.137.